The number of benzene rings is 1. The van der Waals surface area contributed by atoms with Crippen molar-refractivity contribution in [1.82, 2.24) is 0 Å². The molecule has 5 heteroatoms. The summed E-state index contributed by atoms with van der Waals surface area (Å²) in [7, 11) is 3.23. The van der Waals surface area contributed by atoms with Gasteiger partial charge in [-0.2, -0.15) is 0 Å². The predicted molar refractivity (Wildman–Crippen MR) is 94.9 cm³/mol. The number of hydrogen-bond donors (Lipinski definition) is 0. The van der Waals surface area contributed by atoms with Gasteiger partial charge in [0.15, 0.2) is 13.6 Å². The van der Waals surface area contributed by atoms with Crippen LogP contribution in [0.3, 0.4) is 0 Å². The molecular formula is C20H30O5. The lowest BCUT2D eigenvalue weighted by Crippen LogP contribution is -2.41. The molecule has 2 bridgehead atoms. The summed E-state index contributed by atoms with van der Waals surface area (Å²) < 4.78 is 27.8. The van der Waals surface area contributed by atoms with Crippen molar-refractivity contribution in [1.29, 1.82) is 0 Å². The number of methoxy groups -OCH3 is 2. The maximum absolute atomic E-state index is 6.35. The number of hydrogen-bond acceptors (Lipinski definition) is 5. The van der Waals surface area contributed by atoms with Crippen LogP contribution in [0, 0.1) is 11.3 Å². The van der Waals surface area contributed by atoms with Crippen LogP contribution in [0.1, 0.15) is 39.2 Å². The second-order valence-electron chi connectivity index (χ2n) is 7.91. The summed E-state index contributed by atoms with van der Waals surface area (Å²) in [5, 5.41) is 0. The fraction of sp³-hybridized carbons (Fsp3) is 0.700. The lowest BCUT2D eigenvalue weighted by atomic mass is 9.62. The molecule has 140 valence electrons. The van der Waals surface area contributed by atoms with Gasteiger partial charge in [0.05, 0.1) is 11.7 Å². The van der Waals surface area contributed by atoms with Gasteiger partial charge in [-0.25, -0.2) is 0 Å². The van der Waals surface area contributed by atoms with Gasteiger partial charge in [-0.3, -0.25) is 0 Å². The molecule has 1 aromatic carbocycles. The first kappa shape index (κ1) is 18.5. The molecule has 2 fully saturated rings. The Kier molecular flexibility index (Phi) is 5.28. The summed E-state index contributed by atoms with van der Waals surface area (Å²) >= 11 is 0. The highest BCUT2D eigenvalue weighted by Crippen LogP contribution is 2.58. The second-order valence-corrected chi connectivity index (χ2v) is 7.91. The fourth-order valence-electron chi connectivity index (χ4n) is 4.53. The van der Waals surface area contributed by atoms with E-state index in [1.165, 1.54) is 0 Å². The zero-order valence-corrected chi connectivity index (χ0v) is 16.0. The van der Waals surface area contributed by atoms with Crippen LogP contribution >= 0.6 is 0 Å². The SMILES string of the molecule is COCOc1ccc(C[C@@H]2C(C)(C)[C@H]3CC[C@]2(C)O3)c(OCOC)c1. The largest absolute Gasteiger partial charge is 0.467 e. The van der Waals surface area contributed by atoms with Crippen LogP contribution < -0.4 is 9.47 Å². The average molecular weight is 350 g/mol. The van der Waals surface area contributed by atoms with Gasteiger partial charge >= 0.3 is 0 Å². The van der Waals surface area contributed by atoms with Gasteiger partial charge in [0.25, 0.3) is 0 Å². The Balaban J connectivity index is 1.83. The summed E-state index contributed by atoms with van der Waals surface area (Å²) in [5.74, 6) is 1.98. The zero-order valence-electron chi connectivity index (χ0n) is 16.0. The van der Waals surface area contributed by atoms with Crippen molar-refractivity contribution in [3.05, 3.63) is 23.8 Å². The van der Waals surface area contributed by atoms with E-state index < -0.39 is 0 Å². The lowest BCUT2D eigenvalue weighted by molar-refractivity contribution is 0.00570. The molecule has 3 atom stereocenters. The smallest absolute Gasteiger partial charge is 0.188 e. The first-order chi connectivity index (χ1) is 11.9. The molecule has 1 aromatic rings. The van der Waals surface area contributed by atoms with E-state index in [-0.39, 0.29) is 24.6 Å². The van der Waals surface area contributed by atoms with Crippen LogP contribution in [0.25, 0.3) is 0 Å². The highest BCUT2D eigenvalue weighted by Gasteiger charge is 2.60. The van der Waals surface area contributed by atoms with E-state index in [4.69, 9.17) is 23.7 Å². The van der Waals surface area contributed by atoms with Gasteiger partial charge < -0.3 is 23.7 Å². The standard InChI is InChI=1S/C20H30O5/c1-19(2)17(20(3)9-8-18(19)25-20)10-14-6-7-15(23-12-21-4)11-16(14)24-13-22-5/h6-7,11,17-18H,8-10,12-13H2,1-5H3/t17-,18-,20+/m1/s1. The number of rotatable bonds is 8. The lowest BCUT2D eigenvalue weighted by Gasteiger charge is -2.39. The van der Waals surface area contributed by atoms with E-state index >= 15 is 0 Å². The maximum Gasteiger partial charge on any atom is 0.188 e. The van der Waals surface area contributed by atoms with Gasteiger partial charge in [0.2, 0.25) is 0 Å². The minimum absolute atomic E-state index is 0.0437. The molecule has 0 radical (unpaired) electrons. The molecule has 2 aliphatic rings. The summed E-state index contributed by atoms with van der Waals surface area (Å²) in [6.45, 7) is 7.35. The normalized spacial score (nSPS) is 29.8. The first-order valence-corrected chi connectivity index (χ1v) is 8.95. The Morgan fingerprint density at radius 2 is 1.80 bits per heavy atom. The van der Waals surface area contributed by atoms with Crippen LogP contribution in [-0.4, -0.2) is 39.5 Å². The Bertz CT molecular complexity index is 595. The molecule has 0 N–H and O–H groups in total. The van der Waals surface area contributed by atoms with Crippen molar-refractivity contribution in [2.45, 2.75) is 51.7 Å². The summed E-state index contributed by atoms with van der Waals surface area (Å²) in [6, 6.07) is 5.97. The quantitative estimate of drug-likeness (QED) is 0.668. The molecule has 25 heavy (non-hydrogen) atoms. The fourth-order valence-corrected chi connectivity index (χ4v) is 4.53. The van der Waals surface area contributed by atoms with Crippen molar-refractivity contribution in [2.75, 3.05) is 27.8 Å². The van der Waals surface area contributed by atoms with Gasteiger partial charge in [0.1, 0.15) is 11.5 Å². The molecule has 0 unspecified atom stereocenters. The van der Waals surface area contributed by atoms with Crippen molar-refractivity contribution >= 4 is 0 Å². The van der Waals surface area contributed by atoms with Crippen molar-refractivity contribution in [3.8, 4) is 11.5 Å². The van der Waals surface area contributed by atoms with E-state index in [0.717, 1.165) is 36.3 Å². The molecule has 2 aliphatic heterocycles. The molecule has 0 saturated carbocycles. The molecule has 0 spiro atoms. The predicted octanol–water partition coefficient (Wildman–Crippen LogP) is 3.79. The third kappa shape index (κ3) is 3.50. The molecule has 2 saturated heterocycles. The second kappa shape index (κ2) is 7.14. The topological polar surface area (TPSA) is 46.2 Å². The summed E-state index contributed by atoms with van der Waals surface area (Å²) in [5.41, 5.74) is 1.28. The van der Waals surface area contributed by atoms with Crippen molar-refractivity contribution in [3.63, 3.8) is 0 Å². The van der Waals surface area contributed by atoms with Crippen LogP contribution in [0.4, 0.5) is 0 Å². The van der Waals surface area contributed by atoms with Gasteiger partial charge in [-0.15, -0.1) is 0 Å². The first-order valence-electron chi connectivity index (χ1n) is 8.95. The average Bonchev–Trinajstić information content (AvgIpc) is 3.07. The molecule has 2 heterocycles. The Labute approximate surface area is 150 Å². The van der Waals surface area contributed by atoms with Crippen molar-refractivity contribution in [2.24, 2.45) is 11.3 Å². The van der Waals surface area contributed by atoms with Gasteiger partial charge in [0, 0.05) is 20.3 Å². The van der Waals surface area contributed by atoms with Crippen molar-refractivity contribution < 1.29 is 23.7 Å². The van der Waals surface area contributed by atoms with E-state index in [1.54, 1.807) is 14.2 Å². The highest BCUT2D eigenvalue weighted by atomic mass is 16.7. The third-order valence-electron chi connectivity index (χ3n) is 5.92. The van der Waals surface area contributed by atoms with Crippen LogP contribution in [0.15, 0.2) is 18.2 Å². The summed E-state index contributed by atoms with van der Waals surface area (Å²) in [6.07, 6.45) is 3.57. The molecular weight excluding hydrogens is 320 g/mol. The van der Waals surface area contributed by atoms with Crippen LogP contribution in [0.2, 0.25) is 0 Å². The van der Waals surface area contributed by atoms with Gasteiger partial charge in [-0.1, -0.05) is 19.9 Å². The zero-order chi connectivity index (χ0) is 18.1. The van der Waals surface area contributed by atoms with Crippen LogP contribution in [-0.2, 0) is 20.6 Å². The van der Waals surface area contributed by atoms with E-state index in [2.05, 4.69) is 26.8 Å². The number of ether oxygens (including phenoxy) is 5. The maximum atomic E-state index is 6.35. The minimum Gasteiger partial charge on any atom is -0.467 e. The Morgan fingerprint density at radius 3 is 2.44 bits per heavy atom. The Hall–Kier alpha value is -1.30. The monoisotopic (exact) mass is 350 g/mol. The minimum atomic E-state index is -0.0437. The van der Waals surface area contributed by atoms with Gasteiger partial charge in [-0.05, 0) is 49.1 Å². The number of fused-ring (bicyclic) bond motifs is 2. The van der Waals surface area contributed by atoms with Crippen LogP contribution in [0.5, 0.6) is 11.5 Å². The van der Waals surface area contributed by atoms with E-state index in [1.807, 2.05) is 12.1 Å². The highest BCUT2D eigenvalue weighted by molar-refractivity contribution is 5.41. The molecule has 5 nitrogen and oxygen atoms in total. The molecule has 0 amide bonds. The van der Waals surface area contributed by atoms with E-state index in [9.17, 15) is 0 Å². The summed E-state index contributed by atoms with van der Waals surface area (Å²) in [4.78, 5) is 0. The molecule has 3 rings (SSSR count). The third-order valence-corrected chi connectivity index (χ3v) is 5.92. The molecule has 0 aliphatic carbocycles. The van der Waals surface area contributed by atoms with E-state index in [0.29, 0.717) is 12.0 Å². The molecule has 0 aromatic heterocycles. The Morgan fingerprint density at radius 1 is 1.08 bits per heavy atom.